The fourth-order valence-corrected chi connectivity index (χ4v) is 4.87. The fourth-order valence-electron chi connectivity index (χ4n) is 4.87. The number of carbonyl (C=O) groups is 1. The van der Waals surface area contributed by atoms with Gasteiger partial charge in [-0.2, -0.15) is 5.10 Å². The lowest BCUT2D eigenvalue weighted by Gasteiger charge is -2.21. The van der Waals surface area contributed by atoms with Crippen LogP contribution in [0, 0.1) is 6.92 Å². The van der Waals surface area contributed by atoms with E-state index >= 15 is 0 Å². The summed E-state index contributed by atoms with van der Waals surface area (Å²) in [4.78, 5) is 28.1. The summed E-state index contributed by atoms with van der Waals surface area (Å²) in [5, 5.41) is 5.72. The van der Waals surface area contributed by atoms with Gasteiger partial charge in [0.15, 0.2) is 11.5 Å². The quantitative estimate of drug-likeness (QED) is 0.386. The molecule has 0 atom stereocenters. The van der Waals surface area contributed by atoms with Gasteiger partial charge in [0.1, 0.15) is 24.7 Å². The predicted octanol–water partition coefficient (Wildman–Crippen LogP) is 3.82. The second-order valence-corrected chi connectivity index (χ2v) is 8.96. The van der Waals surface area contributed by atoms with Crippen molar-refractivity contribution in [2.45, 2.75) is 20.0 Å². The molecule has 5 rings (SSSR count). The Hall–Kier alpha value is -4.53. The summed E-state index contributed by atoms with van der Waals surface area (Å²) in [5.41, 5.74) is 2.74. The number of amides is 1. The van der Waals surface area contributed by atoms with E-state index in [0.717, 1.165) is 22.1 Å². The second-order valence-electron chi connectivity index (χ2n) is 8.96. The third kappa shape index (κ3) is 4.51. The Morgan fingerprint density at radius 1 is 0.947 bits per heavy atom. The lowest BCUT2D eigenvalue weighted by atomic mass is 9.99. The van der Waals surface area contributed by atoms with Crippen LogP contribution in [0.2, 0.25) is 0 Å². The van der Waals surface area contributed by atoms with Gasteiger partial charge in [0.2, 0.25) is 5.91 Å². The van der Waals surface area contributed by atoms with Crippen LogP contribution >= 0.6 is 0 Å². The molecule has 0 bridgehead atoms. The first-order valence-corrected chi connectivity index (χ1v) is 12.2. The van der Waals surface area contributed by atoms with E-state index < -0.39 is 0 Å². The van der Waals surface area contributed by atoms with Gasteiger partial charge in [-0.1, -0.05) is 24.3 Å². The molecule has 9 heteroatoms. The highest BCUT2D eigenvalue weighted by Gasteiger charge is 2.25. The molecule has 0 unspecified atom stereocenters. The monoisotopic (exact) mass is 515 g/mol. The van der Waals surface area contributed by atoms with Gasteiger partial charge in [0.25, 0.3) is 5.56 Å². The van der Waals surface area contributed by atoms with Crippen molar-refractivity contribution in [3.8, 4) is 34.1 Å². The third-order valence-electron chi connectivity index (χ3n) is 6.73. The number of ether oxygens (including phenoxy) is 4. The zero-order valence-corrected chi connectivity index (χ0v) is 21.8. The average Bonchev–Trinajstić information content (AvgIpc) is 3.17. The van der Waals surface area contributed by atoms with E-state index in [2.05, 4.69) is 5.10 Å². The van der Waals surface area contributed by atoms with E-state index in [4.69, 9.17) is 18.9 Å². The maximum absolute atomic E-state index is 13.4. The molecular formula is C29H29N3O6. The van der Waals surface area contributed by atoms with Crippen LogP contribution in [-0.2, 0) is 17.9 Å². The van der Waals surface area contributed by atoms with Crippen LogP contribution in [0.1, 0.15) is 11.3 Å². The Morgan fingerprint density at radius 2 is 1.63 bits per heavy atom. The largest absolute Gasteiger partial charge is 0.496 e. The van der Waals surface area contributed by atoms with Crippen molar-refractivity contribution >= 4 is 16.7 Å². The Balaban J connectivity index is 1.50. The highest BCUT2D eigenvalue weighted by atomic mass is 16.5. The first kappa shape index (κ1) is 25.1. The molecule has 9 nitrogen and oxygen atoms in total. The van der Waals surface area contributed by atoms with Gasteiger partial charge in [-0.25, -0.2) is 4.68 Å². The number of hydrogen-bond acceptors (Lipinski definition) is 7. The zero-order valence-electron chi connectivity index (χ0n) is 21.8. The molecule has 4 aromatic rings. The number of carbonyl (C=O) groups excluding carboxylic acids is 1. The molecule has 1 aliphatic rings. The summed E-state index contributed by atoms with van der Waals surface area (Å²) >= 11 is 0. The number of nitrogens with zero attached hydrogens (tertiary/aromatic N) is 3. The van der Waals surface area contributed by atoms with Gasteiger partial charge in [-0.3, -0.25) is 9.59 Å². The standard InChI is InChI=1S/C29H29N3O6/c1-18-21-8-5-6-9-22(21)29(34)32(30-18)17-26(33)31-12-13-38-28-20(16-31)14-19(15-25(28)37-4)27-23(35-2)10-7-11-24(27)36-3/h5-11,14-15H,12-13,16-17H2,1-4H3. The lowest BCUT2D eigenvalue weighted by Crippen LogP contribution is -2.38. The third-order valence-corrected chi connectivity index (χ3v) is 6.73. The summed E-state index contributed by atoms with van der Waals surface area (Å²) in [6.45, 7) is 2.57. The molecule has 38 heavy (non-hydrogen) atoms. The molecule has 3 aromatic carbocycles. The summed E-state index contributed by atoms with van der Waals surface area (Å²) in [6, 6.07) is 16.7. The summed E-state index contributed by atoms with van der Waals surface area (Å²) in [7, 11) is 4.79. The number of methoxy groups -OCH3 is 3. The highest BCUT2D eigenvalue weighted by Crippen LogP contribution is 2.44. The molecule has 1 aliphatic heterocycles. The molecule has 0 N–H and O–H groups in total. The van der Waals surface area contributed by atoms with E-state index in [0.29, 0.717) is 40.6 Å². The minimum atomic E-state index is -0.293. The van der Waals surface area contributed by atoms with Crippen LogP contribution in [0.25, 0.3) is 21.9 Å². The molecule has 0 spiro atoms. The van der Waals surface area contributed by atoms with Crippen LogP contribution in [0.15, 0.2) is 59.4 Å². The van der Waals surface area contributed by atoms with E-state index in [1.165, 1.54) is 4.68 Å². The molecule has 0 aliphatic carbocycles. The smallest absolute Gasteiger partial charge is 0.275 e. The van der Waals surface area contributed by atoms with Crippen LogP contribution < -0.4 is 24.5 Å². The maximum atomic E-state index is 13.4. The Morgan fingerprint density at radius 3 is 2.32 bits per heavy atom. The zero-order chi connectivity index (χ0) is 26.8. The van der Waals surface area contributed by atoms with Gasteiger partial charge >= 0.3 is 0 Å². The Labute approximate surface area is 220 Å². The van der Waals surface area contributed by atoms with Crippen molar-refractivity contribution in [3.05, 3.63) is 76.2 Å². The van der Waals surface area contributed by atoms with Gasteiger partial charge in [-0.05, 0) is 42.8 Å². The molecule has 196 valence electrons. The van der Waals surface area contributed by atoms with Gasteiger partial charge in [0.05, 0.1) is 44.5 Å². The van der Waals surface area contributed by atoms with Crippen molar-refractivity contribution in [2.24, 2.45) is 0 Å². The first-order chi connectivity index (χ1) is 18.4. The van der Waals surface area contributed by atoms with Crippen LogP contribution in [-0.4, -0.2) is 55.1 Å². The SMILES string of the molecule is COc1cc(-c2c(OC)cccc2OC)cc2c1OCCN(C(=O)Cn1nc(C)c3ccccc3c1=O)C2. The van der Waals surface area contributed by atoms with E-state index in [-0.39, 0.29) is 31.2 Å². The van der Waals surface area contributed by atoms with Crippen LogP contribution in [0.5, 0.6) is 23.0 Å². The lowest BCUT2D eigenvalue weighted by molar-refractivity contribution is -0.132. The molecule has 2 heterocycles. The number of aromatic nitrogens is 2. The number of fused-ring (bicyclic) bond motifs is 2. The first-order valence-electron chi connectivity index (χ1n) is 12.2. The van der Waals surface area contributed by atoms with Gasteiger partial charge in [0, 0.05) is 17.5 Å². The van der Waals surface area contributed by atoms with E-state index in [9.17, 15) is 9.59 Å². The van der Waals surface area contributed by atoms with Crippen molar-refractivity contribution in [1.82, 2.24) is 14.7 Å². The van der Waals surface area contributed by atoms with Crippen LogP contribution in [0.4, 0.5) is 0 Å². The minimum absolute atomic E-state index is 0.170. The van der Waals surface area contributed by atoms with E-state index in [1.54, 1.807) is 38.4 Å². The fraction of sp³-hybridized carbons (Fsp3) is 0.276. The van der Waals surface area contributed by atoms with Gasteiger partial charge < -0.3 is 23.8 Å². The molecule has 0 saturated carbocycles. The van der Waals surface area contributed by atoms with Crippen molar-refractivity contribution in [3.63, 3.8) is 0 Å². The maximum Gasteiger partial charge on any atom is 0.275 e. The van der Waals surface area contributed by atoms with Gasteiger partial charge in [-0.15, -0.1) is 0 Å². The summed E-state index contributed by atoms with van der Waals surface area (Å²) in [5.74, 6) is 2.18. The molecule has 1 aromatic heterocycles. The van der Waals surface area contributed by atoms with Crippen LogP contribution in [0.3, 0.4) is 0 Å². The number of benzene rings is 3. The Bertz CT molecular complexity index is 1560. The molecular weight excluding hydrogens is 486 g/mol. The molecule has 0 saturated heterocycles. The molecule has 0 fully saturated rings. The second kappa shape index (κ2) is 10.5. The summed E-state index contributed by atoms with van der Waals surface area (Å²) in [6.07, 6.45) is 0. The summed E-state index contributed by atoms with van der Waals surface area (Å²) < 4.78 is 24.2. The number of rotatable bonds is 6. The number of aryl methyl sites for hydroxylation is 1. The highest BCUT2D eigenvalue weighted by molar-refractivity contribution is 5.84. The number of hydrogen-bond donors (Lipinski definition) is 0. The predicted molar refractivity (Wildman–Crippen MR) is 143 cm³/mol. The molecule has 1 amide bonds. The van der Waals surface area contributed by atoms with E-state index in [1.807, 2.05) is 49.4 Å². The average molecular weight is 516 g/mol. The molecule has 0 radical (unpaired) electrons. The van der Waals surface area contributed by atoms with Crippen molar-refractivity contribution in [1.29, 1.82) is 0 Å². The van der Waals surface area contributed by atoms with Crippen molar-refractivity contribution in [2.75, 3.05) is 34.5 Å². The normalized spacial score (nSPS) is 12.9. The minimum Gasteiger partial charge on any atom is -0.496 e. The Kier molecular flexibility index (Phi) is 6.91. The van der Waals surface area contributed by atoms with Crippen molar-refractivity contribution < 1.29 is 23.7 Å². The topological polar surface area (TPSA) is 92.1 Å².